The van der Waals surface area contributed by atoms with E-state index in [1.165, 1.54) is 5.56 Å². The first-order valence-electron chi connectivity index (χ1n) is 6.71. The number of aryl methyl sites for hydroxylation is 1. The van der Waals surface area contributed by atoms with Crippen molar-refractivity contribution in [2.45, 2.75) is 26.4 Å². The molecule has 1 atom stereocenters. The van der Waals surface area contributed by atoms with Crippen molar-refractivity contribution in [2.75, 3.05) is 11.9 Å². The van der Waals surface area contributed by atoms with Gasteiger partial charge in [0.25, 0.3) is 0 Å². The number of rotatable bonds is 3. The van der Waals surface area contributed by atoms with Gasteiger partial charge < -0.3 is 10.1 Å². The van der Waals surface area contributed by atoms with Crippen molar-refractivity contribution in [2.24, 2.45) is 0 Å². The third kappa shape index (κ3) is 2.38. The van der Waals surface area contributed by atoms with Crippen LogP contribution in [-0.2, 0) is 6.42 Å². The Labute approximate surface area is 126 Å². The van der Waals surface area contributed by atoms with Gasteiger partial charge in [0.2, 0.25) is 0 Å². The Morgan fingerprint density at radius 1 is 1.35 bits per heavy atom. The molecule has 104 valence electrons. The van der Waals surface area contributed by atoms with E-state index in [-0.39, 0.29) is 6.10 Å². The molecule has 4 nitrogen and oxygen atoms in total. The molecule has 1 aromatic heterocycles. The summed E-state index contributed by atoms with van der Waals surface area (Å²) in [7, 11) is 0. The molecule has 20 heavy (non-hydrogen) atoms. The summed E-state index contributed by atoms with van der Waals surface area (Å²) in [5.41, 5.74) is 2.14. The van der Waals surface area contributed by atoms with Gasteiger partial charge in [-0.25, -0.2) is 9.97 Å². The first-order valence-corrected chi connectivity index (χ1v) is 7.50. The lowest BCUT2D eigenvalue weighted by molar-refractivity contribution is 0.227. The van der Waals surface area contributed by atoms with Gasteiger partial charge in [-0.15, -0.1) is 0 Å². The van der Waals surface area contributed by atoms with Gasteiger partial charge in [0, 0.05) is 13.0 Å². The summed E-state index contributed by atoms with van der Waals surface area (Å²) in [4.78, 5) is 9.15. The second-order valence-corrected chi connectivity index (χ2v) is 5.57. The molecule has 1 aliphatic heterocycles. The topological polar surface area (TPSA) is 47.0 Å². The maximum Gasteiger partial charge on any atom is 0.172 e. The summed E-state index contributed by atoms with van der Waals surface area (Å²) >= 11 is 3.52. The van der Waals surface area contributed by atoms with E-state index in [0.717, 1.165) is 40.5 Å². The molecule has 1 aromatic carbocycles. The van der Waals surface area contributed by atoms with Gasteiger partial charge in [-0.05, 0) is 41.4 Å². The zero-order valence-electron chi connectivity index (χ0n) is 11.5. The molecular weight excluding hydrogens is 318 g/mol. The van der Waals surface area contributed by atoms with Crippen LogP contribution in [0.15, 0.2) is 28.7 Å². The molecule has 0 fully saturated rings. The van der Waals surface area contributed by atoms with E-state index in [4.69, 9.17) is 4.74 Å². The fraction of sp³-hybridized carbons (Fsp3) is 0.333. The summed E-state index contributed by atoms with van der Waals surface area (Å²) in [5, 5.41) is 3.25. The van der Waals surface area contributed by atoms with Crippen LogP contribution in [0.3, 0.4) is 0 Å². The summed E-state index contributed by atoms with van der Waals surface area (Å²) in [6, 6.07) is 8.10. The van der Waals surface area contributed by atoms with E-state index in [1.54, 1.807) is 0 Å². The van der Waals surface area contributed by atoms with Gasteiger partial charge in [0.05, 0.1) is 10.2 Å². The second-order valence-electron chi connectivity index (χ2n) is 4.78. The highest BCUT2D eigenvalue weighted by Gasteiger charge is 2.27. The van der Waals surface area contributed by atoms with E-state index >= 15 is 0 Å². The molecular formula is C15H16BrN3O. The van der Waals surface area contributed by atoms with Crippen LogP contribution in [-0.4, -0.2) is 16.5 Å². The van der Waals surface area contributed by atoms with Gasteiger partial charge >= 0.3 is 0 Å². The lowest BCUT2D eigenvalue weighted by atomic mass is 10.1. The summed E-state index contributed by atoms with van der Waals surface area (Å²) in [6.45, 7) is 4.84. The summed E-state index contributed by atoms with van der Waals surface area (Å²) < 4.78 is 6.87. The molecule has 0 saturated carbocycles. The van der Waals surface area contributed by atoms with Crippen molar-refractivity contribution in [3.63, 3.8) is 0 Å². The minimum atomic E-state index is -0.100. The molecule has 0 amide bonds. The highest BCUT2D eigenvalue weighted by atomic mass is 79.9. The third-order valence-corrected chi connectivity index (χ3v) is 4.26. The van der Waals surface area contributed by atoms with Crippen molar-refractivity contribution >= 4 is 21.7 Å². The highest BCUT2D eigenvalue weighted by Crippen LogP contribution is 2.36. The highest BCUT2D eigenvalue weighted by molar-refractivity contribution is 9.10. The van der Waals surface area contributed by atoms with Crippen LogP contribution in [0.25, 0.3) is 0 Å². The van der Waals surface area contributed by atoms with Crippen molar-refractivity contribution < 1.29 is 4.74 Å². The van der Waals surface area contributed by atoms with E-state index < -0.39 is 0 Å². The number of nitrogens with one attached hydrogen (secondary N) is 1. The number of fused-ring (bicyclic) bond motifs is 1. The molecule has 1 aliphatic rings. The van der Waals surface area contributed by atoms with E-state index in [9.17, 15) is 0 Å². The monoisotopic (exact) mass is 333 g/mol. The Morgan fingerprint density at radius 3 is 2.90 bits per heavy atom. The van der Waals surface area contributed by atoms with Crippen molar-refractivity contribution in [1.29, 1.82) is 0 Å². The lowest BCUT2D eigenvalue weighted by Gasteiger charge is -2.14. The molecule has 0 radical (unpaired) electrons. The molecule has 5 heteroatoms. The van der Waals surface area contributed by atoms with Crippen LogP contribution >= 0.6 is 15.9 Å². The fourth-order valence-electron chi connectivity index (χ4n) is 2.34. The Balaban J connectivity index is 1.93. The lowest BCUT2D eigenvalue weighted by Crippen LogP contribution is -2.12. The number of nitrogens with zero attached hydrogens (tertiary/aromatic N) is 2. The average Bonchev–Trinajstić information content (AvgIpc) is 2.87. The molecule has 2 heterocycles. The van der Waals surface area contributed by atoms with Crippen LogP contribution in [0.4, 0.5) is 5.82 Å². The summed E-state index contributed by atoms with van der Waals surface area (Å²) in [5.74, 6) is 2.50. The van der Waals surface area contributed by atoms with Gasteiger partial charge in [-0.1, -0.05) is 18.2 Å². The Morgan fingerprint density at radius 2 is 2.15 bits per heavy atom. The van der Waals surface area contributed by atoms with Gasteiger partial charge in [0.1, 0.15) is 11.6 Å². The average molecular weight is 334 g/mol. The molecule has 1 unspecified atom stereocenters. The summed E-state index contributed by atoms with van der Waals surface area (Å²) in [6.07, 6.45) is 0.722. The van der Waals surface area contributed by atoms with E-state index in [0.29, 0.717) is 0 Å². The molecule has 0 aliphatic carbocycles. The van der Waals surface area contributed by atoms with Crippen LogP contribution in [0.1, 0.15) is 30.1 Å². The standard InChI is InChI=1S/C15H16BrN3O/c1-3-17-15-13(16)9(2)18-14(19-15)12-8-10-6-4-5-7-11(10)20-12/h4-7,12H,3,8H2,1-2H3,(H,17,18,19). The van der Waals surface area contributed by atoms with Gasteiger partial charge in [-0.2, -0.15) is 0 Å². The smallest absolute Gasteiger partial charge is 0.172 e. The zero-order chi connectivity index (χ0) is 14.1. The Kier molecular flexibility index (Phi) is 3.61. The number of hydrogen-bond acceptors (Lipinski definition) is 4. The fourth-order valence-corrected chi connectivity index (χ4v) is 2.65. The van der Waals surface area contributed by atoms with Crippen LogP contribution in [0.5, 0.6) is 5.75 Å². The number of ether oxygens (including phenoxy) is 1. The number of para-hydroxylation sites is 1. The number of benzene rings is 1. The van der Waals surface area contributed by atoms with Crippen molar-refractivity contribution in [1.82, 2.24) is 9.97 Å². The molecule has 3 rings (SSSR count). The molecule has 0 bridgehead atoms. The van der Waals surface area contributed by atoms with E-state index in [2.05, 4.69) is 37.3 Å². The predicted octanol–water partition coefficient (Wildman–Crippen LogP) is 3.66. The normalized spacial score (nSPS) is 16.6. The third-order valence-electron chi connectivity index (χ3n) is 3.31. The Bertz CT molecular complexity index is 620. The van der Waals surface area contributed by atoms with Gasteiger partial charge in [-0.3, -0.25) is 0 Å². The first-order chi connectivity index (χ1) is 9.69. The molecule has 2 aromatic rings. The first kappa shape index (κ1) is 13.4. The largest absolute Gasteiger partial charge is 0.482 e. The predicted molar refractivity (Wildman–Crippen MR) is 82.1 cm³/mol. The van der Waals surface area contributed by atoms with E-state index in [1.807, 2.05) is 32.0 Å². The van der Waals surface area contributed by atoms with Crippen molar-refractivity contribution in [3.8, 4) is 5.75 Å². The minimum absolute atomic E-state index is 0.100. The number of halogens is 1. The quantitative estimate of drug-likeness (QED) is 0.931. The van der Waals surface area contributed by atoms with Crippen LogP contribution in [0, 0.1) is 6.92 Å². The molecule has 0 saturated heterocycles. The number of hydrogen-bond donors (Lipinski definition) is 1. The molecule has 1 N–H and O–H groups in total. The second kappa shape index (κ2) is 5.40. The zero-order valence-corrected chi connectivity index (χ0v) is 13.1. The minimum Gasteiger partial charge on any atom is -0.482 e. The maximum absolute atomic E-state index is 5.95. The number of aromatic nitrogens is 2. The van der Waals surface area contributed by atoms with Gasteiger partial charge in [0.15, 0.2) is 11.9 Å². The SMILES string of the molecule is CCNc1nc(C2Cc3ccccc3O2)nc(C)c1Br. The maximum atomic E-state index is 5.95. The van der Waals surface area contributed by atoms with Crippen molar-refractivity contribution in [3.05, 3.63) is 45.8 Å². The molecule has 0 spiro atoms. The van der Waals surface area contributed by atoms with Crippen LogP contribution < -0.4 is 10.1 Å². The van der Waals surface area contributed by atoms with Crippen LogP contribution in [0.2, 0.25) is 0 Å². The number of anilines is 1. The Hall–Kier alpha value is -1.62.